The van der Waals surface area contributed by atoms with E-state index < -0.39 is 0 Å². The van der Waals surface area contributed by atoms with Crippen LogP contribution < -0.4 is 5.32 Å². The molecule has 2 rings (SSSR count). The SMILES string of the molecule is COCCCCNC1CCCN(Cc2ccccc2)C1. The van der Waals surface area contributed by atoms with E-state index >= 15 is 0 Å². The first kappa shape index (κ1) is 15.5. The first-order chi connectivity index (χ1) is 9.88. The predicted octanol–water partition coefficient (Wildman–Crippen LogP) is 2.67. The highest BCUT2D eigenvalue weighted by Crippen LogP contribution is 2.13. The summed E-state index contributed by atoms with van der Waals surface area (Å²) in [6, 6.07) is 11.5. The zero-order chi connectivity index (χ0) is 14.0. The van der Waals surface area contributed by atoms with Crippen molar-refractivity contribution in [2.24, 2.45) is 0 Å². The van der Waals surface area contributed by atoms with E-state index in [1.165, 1.54) is 37.9 Å². The van der Waals surface area contributed by atoms with Crippen molar-refractivity contribution in [3.05, 3.63) is 35.9 Å². The molecule has 0 aromatic heterocycles. The second-order valence-corrected chi connectivity index (χ2v) is 5.71. The highest BCUT2D eigenvalue weighted by Gasteiger charge is 2.18. The molecule has 3 nitrogen and oxygen atoms in total. The van der Waals surface area contributed by atoms with Crippen molar-refractivity contribution in [1.29, 1.82) is 0 Å². The average Bonchev–Trinajstić information content (AvgIpc) is 2.48. The molecule has 112 valence electrons. The number of rotatable bonds is 8. The maximum atomic E-state index is 5.08. The number of nitrogens with one attached hydrogen (secondary N) is 1. The van der Waals surface area contributed by atoms with E-state index in [2.05, 4.69) is 40.5 Å². The van der Waals surface area contributed by atoms with E-state index in [0.717, 1.165) is 26.1 Å². The van der Waals surface area contributed by atoms with Gasteiger partial charge in [-0.05, 0) is 44.3 Å². The zero-order valence-corrected chi connectivity index (χ0v) is 12.7. The van der Waals surface area contributed by atoms with Crippen molar-refractivity contribution in [2.75, 3.05) is 33.4 Å². The van der Waals surface area contributed by atoms with Crippen LogP contribution in [0.2, 0.25) is 0 Å². The fourth-order valence-electron chi connectivity index (χ4n) is 2.88. The fraction of sp³-hybridized carbons (Fsp3) is 0.647. The third-order valence-electron chi connectivity index (χ3n) is 3.96. The molecule has 1 heterocycles. The Morgan fingerprint density at radius 3 is 2.90 bits per heavy atom. The Morgan fingerprint density at radius 1 is 1.25 bits per heavy atom. The van der Waals surface area contributed by atoms with Crippen LogP contribution in [0.15, 0.2) is 30.3 Å². The molecule has 1 atom stereocenters. The van der Waals surface area contributed by atoms with Gasteiger partial charge >= 0.3 is 0 Å². The van der Waals surface area contributed by atoms with Gasteiger partial charge in [0.2, 0.25) is 0 Å². The number of likely N-dealkylation sites (tertiary alicyclic amines) is 1. The number of ether oxygens (including phenoxy) is 1. The van der Waals surface area contributed by atoms with Crippen molar-refractivity contribution in [1.82, 2.24) is 10.2 Å². The maximum absolute atomic E-state index is 5.08. The number of hydrogen-bond donors (Lipinski definition) is 1. The van der Waals surface area contributed by atoms with Crippen LogP contribution in [0.1, 0.15) is 31.2 Å². The number of benzene rings is 1. The molecule has 1 aliphatic rings. The Kier molecular flexibility index (Phi) is 7.06. The highest BCUT2D eigenvalue weighted by molar-refractivity contribution is 5.14. The summed E-state index contributed by atoms with van der Waals surface area (Å²) < 4.78 is 5.08. The minimum atomic E-state index is 0.662. The molecule has 1 N–H and O–H groups in total. The number of piperidine rings is 1. The zero-order valence-electron chi connectivity index (χ0n) is 12.7. The smallest absolute Gasteiger partial charge is 0.0462 e. The lowest BCUT2D eigenvalue weighted by molar-refractivity contribution is 0.177. The van der Waals surface area contributed by atoms with Gasteiger partial charge in [0.25, 0.3) is 0 Å². The molecule has 1 aromatic rings. The van der Waals surface area contributed by atoms with E-state index in [4.69, 9.17) is 4.74 Å². The van der Waals surface area contributed by atoms with Gasteiger partial charge < -0.3 is 10.1 Å². The molecule has 1 aromatic carbocycles. The second kappa shape index (κ2) is 9.11. The van der Waals surface area contributed by atoms with Gasteiger partial charge in [-0.3, -0.25) is 4.90 Å². The van der Waals surface area contributed by atoms with Crippen molar-refractivity contribution in [3.63, 3.8) is 0 Å². The van der Waals surface area contributed by atoms with Gasteiger partial charge in [-0.2, -0.15) is 0 Å². The standard InChI is InChI=1S/C17H28N2O/c1-20-13-6-5-11-18-17-10-7-12-19(15-17)14-16-8-3-2-4-9-16/h2-4,8-9,17-18H,5-7,10-15H2,1H3. The molecular formula is C17H28N2O. The van der Waals surface area contributed by atoms with E-state index in [9.17, 15) is 0 Å². The Morgan fingerprint density at radius 2 is 2.10 bits per heavy atom. The predicted molar refractivity (Wildman–Crippen MR) is 83.9 cm³/mol. The van der Waals surface area contributed by atoms with Crippen molar-refractivity contribution in [3.8, 4) is 0 Å². The van der Waals surface area contributed by atoms with Crippen LogP contribution in [0.25, 0.3) is 0 Å². The van der Waals surface area contributed by atoms with Crippen molar-refractivity contribution < 1.29 is 4.74 Å². The Balaban J connectivity index is 1.66. The molecule has 0 saturated carbocycles. The molecule has 0 radical (unpaired) electrons. The van der Waals surface area contributed by atoms with Crippen LogP contribution in [-0.2, 0) is 11.3 Å². The average molecular weight is 276 g/mol. The summed E-state index contributed by atoms with van der Waals surface area (Å²) in [7, 11) is 1.77. The Bertz CT molecular complexity index is 355. The molecule has 20 heavy (non-hydrogen) atoms. The maximum Gasteiger partial charge on any atom is 0.0462 e. The quantitative estimate of drug-likeness (QED) is 0.739. The molecule has 1 aliphatic heterocycles. The van der Waals surface area contributed by atoms with Gasteiger partial charge in [0, 0.05) is 32.8 Å². The van der Waals surface area contributed by atoms with Gasteiger partial charge in [-0.1, -0.05) is 30.3 Å². The number of unbranched alkanes of at least 4 members (excludes halogenated alkanes) is 1. The summed E-state index contributed by atoms with van der Waals surface area (Å²) in [5, 5.41) is 3.70. The lowest BCUT2D eigenvalue weighted by Gasteiger charge is -2.33. The van der Waals surface area contributed by atoms with Crippen molar-refractivity contribution >= 4 is 0 Å². The molecule has 3 heteroatoms. The summed E-state index contributed by atoms with van der Waals surface area (Å²) >= 11 is 0. The minimum absolute atomic E-state index is 0.662. The summed E-state index contributed by atoms with van der Waals surface area (Å²) in [4.78, 5) is 2.58. The summed E-state index contributed by atoms with van der Waals surface area (Å²) in [5.74, 6) is 0. The molecule has 1 saturated heterocycles. The Labute approximate surface area is 123 Å². The monoisotopic (exact) mass is 276 g/mol. The van der Waals surface area contributed by atoms with Crippen molar-refractivity contribution in [2.45, 2.75) is 38.3 Å². The van der Waals surface area contributed by atoms with Gasteiger partial charge in [-0.25, -0.2) is 0 Å². The summed E-state index contributed by atoms with van der Waals surface area (Å²) in [6.45, 7) is 5.50. The minimum Gasteiger partial charge on any atom is -0.385 e. The topological polar surface area (TPSA) is 24.5 Å². The van der Waals surface area contributed by atoms with E-state index in [1.54, 1.807) is 7.11 Å². The first-order valence-corrected chi connectivity index (χ1v) is 7.87. The van der Waals surface area contributed by atoms with Crippen LogP contribution in [0.4, 0.5) is 0 Å². The van der Waals surface area contributed by atoms with Gasteiger partial charge in [-0.15, -0.1) is 0 Å². The Hall–Kier alpha value is -0.900. The van der Waals surface area contributed by atoms with Crippen LogP contribution in [0, 0.1) is 0 Å². The molecule has 1 unspecified atom stereocenters. The molecule has 0 spiro atoms. The van der Waals surface area contributed by atoms with E-state index in [-0.39, 0.29) is 0 Å². The number of hydrogen-bond acceptors (Lipinski definition) is 3. The number of methoxy groups -OCH3 is 1. The second-order valence-electron chi connectivity index (χ2n) is 5.71. The third kappa shape index (κ3) is 5.61. The van der Waals surface area contributed by atoms with Crippen LogP contribution in [0.5, 0.6) is 0 Å². The van der Waals surface area contributed by atoms with Gasteiger partial charge in [0.1, 0.15) is 0 Å². The number of nitrogens with zero attached hydrogens (tertiary/aromatic N) is 1. The van der Waals surface area contributed by atoms with Crippen LogP contribution in [-0.4, -0.2) is 44.3 Å². The highest BCUT2D eigenvalue weighted by atomic mass is 16.5. The largest absolute Gasteiger partial charge is 0.385 e. The molecular weight excluding hydrogens is 248 g/mol. The molecule has 1 fully saturated rings. The molecule has 0 bridgehead atoms. The normalized spacial score (nSPS) is 20.1. The third-order valence-corrected chi connectivity index (χ3v) is 3.96. The molecule has 0 amide bonds. The van der Waals surface area contributed by atoms with E-state index in [1.807, 2.05) is 0 Å². The fourth-order valence-corrected chi connectivity index (χ4v) is 2.88. The van der Waals surface area contributed by atoms with Crippen LogP contribution >= 0.6 is 0 Å². The first-order valence-electron chi connectivity index (χ1n) is 7.87. The van der Waals surface area contributed by atoms with Crippen LogP contribution in [0.3, 0.4) is 0 Å². The molecule has 0 aliphatic carbocycles. The lowest BCUT2D eigenvalue weighted by atomic mass is 10.0. The summed E-state index contributed by atoms with van der Waals surface area (Å²) in [5.41, 5.74) is 1.42. The van der Waals surface area contributed by atoms with Gasteiger partial charge in [0.15, 0.2) is 0 Å². The van der Waals surface area contributed by atoms with Gasteiger partial charge in [0.05, 0.1) is 0 Å². The lowest BCUT2D eigenvalue weighted by Crippen LogP contribution is -2.45. The van der Waals surface area contributed by atoms with E-state index in [0.29, 0.717) is 6.04 Å². The summed E-state index contributed by atoms with van der Waals surface area (Å²) in [6.07, 6.45) is 4.99.